The van der Waals surface area contributed by atoms with Crippen LogP contribution < -0.4 is 9.47 Å². The Morgan fingerprint density at radius 2 is 1.87 bits per heavy atom. The van der Waals surface area contributed by atoms with Crippen LogP contribution in [0.5, 0.6) is 11.5 Å². The Morgan fingerprint density at radius 1 is 1.13 bits per heavy atom. The van der Waals surface area contributed by atoms with E-state index in [1.54, 1.807) is 48.6 Å². The van der Waals surface area contributed by atoms with Crippen LogP contribution in [-0.2, 0) is 11.3 Å². The molecule has 1 aliphatic heterocycles. The molecule has 3 rings (SSSR count). The second-order valence-electron chi connectivity index (χ2n) is 6.26. The first-order valence-corrected chi connectivity index (χ1v) is 10.7. The molecule has 1 fully saturated rings. The van der Waals surface area contributed by atoms with Crippen molar-refractivity contribution in [1.82, 2.24) is 4.90 Å². The lowest BCUT2D eigenvalue weighted by atomic mass is 10.1. The van der Waals surface area contributed by atoms with Gasteiger partial charge in [0.2, 0.25) is 0 Å². The lowest BCUT2D eigenvalue weighted by Gasteiger charge is -2.14. The van der Waals surface area contributed by atoms with Gasteiger partial charge in [-0.25, -0.2) is 0 Å². The zero-order valence-electron chi connectivity index (χ0n) is 16.2. The molecule has 0 bridgehead atoms. The average molecular weight is 464 g/mol. The van der Waals surface area contributed by atoms with Crippen LogP contribution in [0.3, 0.4) is 0 Å². The quantitative estimate of drug-likeness (QED) is 0.344. The number of halogens is 2. The standard InChI is InChI=1S/C22H19Cl2NO4S/c1-3-9-29-20-17(24)10-15(11-18(20)28-4-2)12-19-21(26)25(22(27)30-19)13-14-5-7-16(23)8-6-14/h3,5-8,10-12H,1,4,9,13H2,2H3/b19-12-. The summed E-state index contributed by atoms with van der Waals surface area (Å²) >= 11 is 13.1. The van der Waals surface area contributed by atoms with Gasteiger partial charge in [-0.15, -0.1) is 0 Å². The summed E-state index contributed by atoms with van der Waals surface area (Å²) in [6.45, 7) is 6.35. The minimum absolute atomic E-state index is 0.179. The summed E-state index contributed by atoms with van der Waals surface area (Å²) in [6.07, 6.45) is 3.23. The van der Waals surface area contributed by atoms with E-state index in [9.17, 15) is 9.59 Å². The first-order chi connectivity index (χ1) is 14.4. The van der Waals surface area contributed by atoms with E-state index in [4.69, 9.17) is 32.7 Å². The van der Waals surface area contributed by atoms with Gasteiger partial charge in [0, 0.05) is 5.02 Å². The van der Waals surface area contributed by atoms with Crippen LogP contribution in [0.2, 0.25) is 10.0 Å². The third-order valence-electron chi connectivity index (χ3n) is 4.10. The molecule has 156 valence electrons. The molecule has 0 aliphatic carbocycles. The zero-order valence-corrected chi connectivity index (χ0v) is 18.5. The molecule has 0 aromatic heterocycles. The van der Waals surface area contributed by atoms with Gasteiger partial charge in [-0.3, -0.25) is 14.5 Å². The molecule has 0 unspecified atom stereocenters. The second-order valence-corrected chi connectivity index (χ2v) is 8.09. The number of carbonyl (C=O) groups excluding carboxylic acids is 2. The fourth-order valence-electron chi connectivity index (χ4n) is 2.78. The lowest BCUT2D eigenvalue weighted by Crippen LogP contribution is -2.27. The third kappa shape index (κ3) is 5.19. The van der Waals surface area contributed by atoms with Crippen LogP contribution >= 0.6 is 35.0 Å². The van der Waals surface area contributed by atoms with E-state index >= 15 is 0 Å². The number of imide groups is 1. The monoisotopic (exact) mass is 463 g/mol. The lowest BCUT2D eigenvalue weighted by molar-refractivity contribution is -0.123. The molecule has 0 saturated carbocycles. The van der Waals surface area contributed by atoms with Gasteiger partial charge in [0.15, 0.2) is 11.5 Å². The molecule has 2 amide bonds. The highest BCUT2D eigenvalue weighted by atomic mass is 35.5. The minimum atomic E-state index is -0.360. The van der Waals surface area contributed by atoms with Crippen LogP contribution in [0.15, 0.2) is 54.0 Å². The van der Waals surface area contributed by atoms with Crippen molar-refractivity contribution in [1.29, 1.82) is 0 Å². The summed E-state index contributed by atoms with van der Waals surface area (Å²) in [7, 11) is 0. The third-order valence-corrected chi connectivity index (χ3v) is 5.54. The number of ether oxygens (including phenoxy) is 2. The Bertz CT molecular complexity index is 1000. The van der Waals surface area contributed by atoms with Crippen molar-refractivity contribution in [2.75, 3.05) is 13.2 Å². The number of nitrogens with zero attached hydrogens (tertiary/aromatic N) is 1. The van der Waals surface area contributed by atoms with Gasteiger partial charge in [-0.1, -0.05) is 48.0 Å². The molecule has 2 aromatic carbocycles. The summed E-state index contributed by atoms with van der Waals surface area (Å²) in [5.74, 6) is 0.505. The highest BCUT2D eigenvalue weighted by Gasteiger charge is 2.35. The normalized spacial score (nSPS) is 15.0. The highest BCUT2D eigenvalue weighted by molar-refractivity contribution is 8.18. The molecule has 2 aromatic rings. The summed E-state index contributed by atoms with van der Waals surface area (Å²) in [5.41, 5.74) is 1.44. The van der Waals surface area contributed by atoms with Crippen molar-refractivity contribution in [3.63, 3.8) is 0 Å². The SMILES string of the molecule is C=CCOc1c(Cl)cc(/C=C2\SC(=O)N(Cc3ccc(Cl)cc3)C2=O)cc1OCC. The number of rotatable bonds is 8. The Labute approximate surface area is 189 Å². The Hall–Kier alpha value is -2.41. The minimum Gasteiger partial charge on any atom is -0.490 e. The van der Waals surface area contributed by atoms with Crippen LogP contribution in [0, 0.1) is 0 Å². The van der Waals surface area contributed by atoms with Crippen molar-refractivity contribution in [3.05, 3.63) is 75.1 Å². The van der Waals surface area contributed by atoms with Crippen LogP contribution in [0.25, 0.3) is 6.08 Å². The maximum Gasteiger partial charge on any atom is 0.293 e. The van der Waals surface area contributed by atoms with Gasteiger partial charge >= 0.3 is 0 Å². The molecule has 8 heteroatoms. The van der Waals surface area contributed by atoms with E-state index < -0.39 is 0 Å². The van der Waals surface area contributed by atoms with E-state index in [1.165, 1.54) is 4.90 Å². The summed E-state index contributed by atoms with van der Waals surface area (Å²) < 4.78 is 11.2. The zero-order chi connectivity index (χ0) is 21.7. The van der Waals surface area contributed by atoms with E-state index in [1.807, 2.05) is 6.92 Å². The number of hydrogen-bond acceptors (Lipinski definition) is 5. The van der Waals surface area contributed by atoms with Crippen molar-refractivity contribution >= 4 is 52.2 Å². The smallest absolute Gasteiger partial charge is 0.293 e. The van der Waals surface area contributed by atoms with Gasteiger partial charge in [-0.2, -0.15) is 0 Å². The first-order valence-electron chi connectivity index (χ1n) is 9.12. The van der Waals surface area contributed by atoms with Crippen LogP contribution in [0.1, 0.15) is 18.1 Å². The fraction of sp³-hybridized carbons (Fsp3) is 0.182. The molecule has 0 N–H and O–H groups in total. The van der Waals surface area contributed by atoms with Crippen molar-refractivity contribution in [2.24, 2.45) is 0 Å². The topological polar surface area (TPSA) is 55.8 Å². The highest BCUT2D eigenvalue weighted by Crippen LogP contribution is 2.39. The van der Waals surface area contributed by atoms with Crippen LogP contribution in [0.4, 0.5) is 4.79 Å². The Kier molecular flexibility index (Phi) is 7.48. The molecule has 1 aliphatic rings. The van der Waals surface area contributed by atoms with E-state index in [0.29, 0.717) is 38.6 Å². The summed E-state index contributed by atoms with van der Waals surface area (Å²) in [4.78, 5) is 26.7. The molecular weight excluding hydrogens is 445 g/mol. The first kappa shape index (κ1) is 22.3. The largest absolute Gasteiger partial charge is 0.490 e. The number of thioether (sulfide) groups is 1. The maximum absolute atomic E-state index is 12.8. The predicted octanol–water partition coefficient (Wildman–Crippen LogP) is 6.19. The molecule has 1 heterocycles. The van der Waals surface area contributed by atoms with Gasteiger partial charge in [0.05, 0.1) is 23.1 Å². The summed E-state index contributed by atoms with van der Waals surface area (Å²) in [6, 6.07) is 10.4. The van der Waals surface area contributed by atoms with E-state index in [-0.39, 0.29) is 24.3 Å². The second kappa shape index (κ2) is 10.1. The number of carbonyl (C=O) groups is 2. The molecule has 30 heavy (non-hydrogen) atoms. The Morgan fingerprint density at radius 3 is 2.53 bits per heavy atom. The van der Waals surface area contributed by atoms with Crippen molar-refractivity contribution < 1.29 is 19.1 Å². The molecule has 5 nitrogen and oxygen atoms in total. The Balaban J connectivity index is 1.85. The number of amides is 2. The van der Waals surface area contributed by atoms with Gasteiger partial charge in [0.1, 0.15) is 6.61 Å². The molecule has 0 atom stereocenters. The average Bonchev–Trinajstić information content (AvgIpc) is 2.96. The molecule has 0 spiro atoms. The number of hydrogen-bond donors (Lipinski definition) is 0. The van der Waals surface area contributed by atoms with E-state index in [0.717, 1.165) is 17.3 Å². The van der Waals surface area contributed by atoms with Crippen molar-refractivity contribution in [3.8, 4) is 11.5 Å². The maximum atomic E-state index is 12.8. The number of benzene rings is 2. The molecular formula is C22H19Cl2NO4S. The summed E-state index contributed by atoms with van der Waals surface area (Å²) in [5, 5.41) is 0.605. The van der Waals surface area contributed by atoms with Gasteiger partial charge in [-0.05, 0) is 60.2 Å². The van der Waals surface area contributed by atoms with Gasteiger partial charge < -0.3 is 9.47 Å². The fourth-order valence-corrected chi connectivity index (χ4v) is 4.01. The van der Waals surface area contributed by atoms with Crippen molar-refractivity contribution in [2.45, 2.75) is 13.5 Å². The van der Waals surface area contributed by atoms with Crippen LogP contribution in [-0.4, -0.2) is 29.3 Å². The molecule has 0 radical (unpaired) electrons. The predicted molar refractivity (Wildman–Crippen MR) is 121 cm³/mol. The van der Waals surface area contributed by atoms with E-state index in [2.05, 4.69) is 6.58 Å². The molecule has 1 saturated heterocycles. The van der Waals surface area contributed by atoms with Gasteiger partial charge in [0.25, 0.3) is 11.1 Å².